The number of carbonyl (C=O) groups excluding carboxylic acids is 1. The number of hydrogen-bond acceptors (Lipinski definition) is 10. The number of para-hydroxylation sites is 1. The third kappa shape index (κ3) is 7.51. The van der Waals surface area contributed by atoms with E-state index in [1.165, 1.54) is 0 Å². The van der Waals surface area contributed by atoms with Gasteiger partial charge in [-0.3, -0.25) is 9.36 Å². The fourth-order valence-electron chi connectivity index (χ4n) is 3.18. The molecule has 0 aliphatic carbocycles. The lowest BCUT2D eigenvalue weighted by molar-refractivity contribution is -0.145. The number of fused-ring (bicyclic) bond motifs is 1. The van der Waals surface area contributed by atoms with Crippen molar-refractivity contribution in [2.75, 3.05) is 37.2 Å². The molecular weight excluding hydrogens is 485 g/mol. The number of nitrogen functional groups attached to an aromatic ring is 1. The molecule has 4 N–H and O–H groups in total. The molecule has 0 aliphatic heterocycles. The van der Waals surface area contributed by atoms with Gasteiger partial charge in [0.05, 0.1) is 19.5 Å². The summed E-state index contributed by atoms with van der Waals surface area (Å²) in [5, 5.41) is 5.86. The van der Waals surface area contributed by atoms with Gasteiger partial charge in [-0.25, -0.2) is 10.1 Å². The maximum absolute atomic E-state index is 13.6. The normalized spacial score (nSPS) is 13.6. The fourth-order valence-corrected chi connectivity index (χ4v) is 4.89. The average molecular weight is 518 g/mol. The first kappa shape index (κ1) is 27.1. The number of anilines is 2. The van der Waals surface area contributed by atoms with Gasteiger partial charge in [-0.1, -0.05) is 31.2 Å². The summed E-state index contributed by atoms with van der Waals surface area (Å²) >= 11 is 0. The first-order chi connectivity index (χ1) is 17.3. The van der Waals surface area contributed by atoms with Crippen molar-refractivity contribution in [3.63, 3.8) is 0 Å². The van der Waals surface area contributed by atoms with Gasteiger partial charge in [-0.15, -0.1) is 6.58 Å². The number of carbonyl (C=O) groups is 1. The van der Waals surface area contributed by atoms with Crippen LogP contribution in [-0.2, 0) is 25.4 Å². The van der Waals surface area contributed by atoms with Gasteiger partial charge < -0.3 is 29.6 Å². The van der Waals surface area contributed by atoms with Crippen molar-refractivity contribution >= 4 is 36.4 Å². The molecule has 13 heteroatoms. The van der Waals surface area contributed by atoms with E-state index in [-0.39, 0.29) is 25.5 Å². The molecular formula is C23H32N7O5P. The number of rotatable bonds is 15. The topological polar surface area (TPSA) is 156 Å². The summed E-state index contributed by atoms with van der Waals surface area (Å²) in [4.78, 5) is 25.0. The fraction of sp³-hybridized carbons (Fsp3) is 0.391. The van der Waals surface area contributed by atoms with Crippen LogP contribution in [0, 0.1) is 0 Å². The van der Waals surface area contributed by atoms with Gasteiger partial charge in [-0.05, 0) is 25.5 Å². The summed E-state index contributed by atoms with van der Waals surface area (Å²) in [6, 6.07) is 7.83. The third-order valence-corrected chi connectivity index (χ3v) is 6.63. The minimum atomic E-state index is -3.63. The van der Waals surface area contributed by atoms with Crippen molar-refractivity contribution in [3.8, 4) is 5.75 Å². The Morgan fingerprint density at radius 3 is 2.78 bits per heavy atom. The SMILES string of the molecule is C=CCNc1nc(N)nc2c1ncn2CCOCP(=O)(NC(C)C(=O)OCCC)Oc1ccccc1. The molecule has 36 heavy (non-hydrogen) atoms. The number of imidazole rings is 1. The summed E-state index contributed by atoms with van der Waals surface area (Å²) in [7, 11) is -3.63. The van der Waals surface area contributed by atoms with E-state index < -0.39 is 19.5 Å². The highest BCUT2D eigenvalue weighted by Gasteiger charge is 2.31. The first-order valence-electron chi connectivity index (χ1n) is 11.5. The van der Waals surface area contributed by atoms with E-state index in [4.69, 9.17) is 19.7 Å². The Balaban J connectivity index is 1.66. The molecule has 2 aromatic heterocycles. The average Bonchev–Trinajstić information content (AvgIpc) is 3.26. The van der Waals surface area contributed by atoms with Crippen LogP contribution in [0.15, 0.2) is 49.3 Å². The van der Waals surface area contributed by atoms with Crippen LogP contribution in [0.2, 0.25) is 0 Å². The van der Waals surface area contributed by atoms with Crippen LogP contribution in [0.25, 0.3) is 11.2 Å². The van der Waals surface area contributed by atoms with E-state index in [1.807, 2.05) is 13.0 Å². The lowest BCUT2D eigenvalue weighted by Crippen LogP contribution is -2.35. The monoisotopic (exact) mass is 517 g/mol. The Bertz CT molecular complexity index is 1200. The van der Waals surface area contributed by atoms with E-state index in [1.54, 1.807) is 48.2 Å². The van der Waals surface area contributed by atoms with E-state index in [0.717, 1.165) is 0 Å². The van der Waals surface area contributed by atoms with E-state index in [2.05, 4.69) is 31.9 Å². The van der Waals surface area contributed by atoms with Gasteiger partial charge in [0.2, 0.25) is 5.95 Å². The number of nitrogens with zero attached hydrogens (tertiary/aromatic N) is 4. The molecule has 1 aromatic carbocycles. The molecule has 0 spiro atoms. The zero-order chi connectivity index (χ0) is 26.0. The van der Waals surface area contributed by atoms with Crippen molar-refractivity contribution in [3.05, 3.63) is 49.3 Å². The van der Waals surface area contributed by atoms with Crippen LogP contribution in [0.4, 0.5) is 11.8 Å². The smallest absolute Gasteiger partial charge is 0.342 e. The van der Waals surface area contributed by atoms with Gasteiger partial charge in [0, 0.05) is 13.1 Å². The maximum Gasteiger partial charge on any atom is 0.342 e. The summed E-state index contributed by atoms with van der Waals surface area (Å²) in [6.45, 7) is 8.44. The summed E-state index contributed by atoms with van der Waals surface area (Å²) in [5.41, 5.74) is 6.95. The van der Waals surface area contributed by atoms with Gasteiger partial charge in [-0.2, -0.15) is 9.97 Å². The van der Waals surface area contributed by atoms with E-state index in [0.29, 0.717) is 42.2 Å². The highest BCUT2D eigenvalue weighted by Crippen LogP contribution is 2.43. The van der Waals surface area contributed by atoms with Crippen LogP contribution < -0.4 is 20.7 Å². The Hall–Kier alpha value is -3.47. The summed E-state index contributed by atoms with van der Waals surface area (Å²) in [6.07, 6.45) is 3.71. The molecule has 0 saturated carbocycles. The Labute approximate surface area is 209 Å². The second-order valence-corrected chi connectivity index (χ2v) is 9.89. The van der Waals surface area contributed by atoms with Crippen LogP contribution in [-0.4, -0.2) is 57.6 Å². The predicted molar refractivity (Wildman–Crippen MR) is 138 cm³/mol. The van der Waals surface area contributed by atoms with Gasteiger partial charge >= 0.3 is 13.5 Å². The van der Waals surface area contributed by atoms with Crippen LogP contribution >= 0.6 is 7.52 Å². The zero-order valence-electron chi connectivity index (χ0n) is 20.4. The molecule has 0 saturated heterocycles. The number of hydrogen-bond donors (Lipinski definition) is 3. The van der Waals surface area contributed by atoms with E-state index in [9.17, 15) is 9.36 Å². The lowest BCUT2D eigenvalue weighted by atomic mass is 10.3. The molecule has 3 aromatic rings. The second-order valence-electron chi connectivity index (χ2n) is 7.84. The highest BCUT2D eigenvalue weighted by molar-refractivity contribution is 7.57. The number of aromatic nitrogens is 4. The first-order valence-corrected chi connectivity index (χ1v) is 13.3. The zero-order valence-corrected chi connectivity index (χ0v) is 21.3. The Kier molecular flexibility index (Phi) is 9.80. The van der Waals surface area contributed by atoms with Crippen LogP contribution in [0.5, 0.6) is 5.75 Å². The quantitative estimate of drug-likeness (QED) is 0.118. The summed E-state index contributed by atoms with van der Waals surface area (Å²) in [5.74, 6) is 0.478. The summed E-state index contributed by atoms with van der Waals surface area (Å²) < 4.78 is 32.0. The second kappa shape index (κ2) is 13.0. The van der Waals surface area contributed by atoms with Crippen molar-refractivity contribution in [2.24, 2.45) is 0 Å². The molecule has 0 bridgehead atoms. The molecule has 0 amide bonds. The van der Waals surface area contributed by atoms with Crippen molar-refractivity contribution < 1.29 is 23.4 Å². The van der Waals surface area contributed by atoms with Gasteiger partial charge in [0.25, 0.3) is 0 Å². The van der Waals surface area contributed by atoms with Gasteiger partial charge in [0.1, 0.15) is 18.1 Å². The van der Waals surface area contributed by atoms with Gasteiger partial charge in [0.15, 0.2) is 17.0 Å². The van der Waals surface area contributed by atoms with Crippen molar-refractivity contribution in [2.45, 2.75) is 32.9 Å². The number of nitrogens with two attached hydrogens (primary N) is 1. The standard InChI is InChI=1S/C23H32N7O5P/c1-4-11-25-20-19-21(28-23(24)27-20)30(15-26-19)12-14-33-16-36(32,35-18-9-7-6-8-10-18)29-17(3)22(31)34-13-5-2/h4,6-10,15,17H,1,5,11-14,16H2,2-3H3,(H,29,32)(H3,24,25,27,28). The third-order valence-electron chi connectivity index (χ3n) is 4.82. The molecule has 0 radical (unpaired) electrons. The minimum Gasteiger partial charge on any atom is -0.465 e. The highest BCUT2D eigenvalue weighted by atomic mass is 31.2. The number of benzene rings is 1. The lowest BCUT2D eigenvalue weighted by Gasteiger charge is -2.23. The number of nitrogens with one attached hydrogen (secondary N) is 2. The molecule has 2 atom stereocenters. The predicted octanol–water partition coefficient (Wildman–Crippen LogP) is 3.18. The maximum atomic E-state index is 13.6. The molecule has 2 heterocycles. The van der Waals surface area contributed by atoms with Crippen molar-refractivity contribution in [1.29, 1.82) is 0 Å². The molecule has 2 unspecified atom stereocenters. The number of ether oxygens (including phenoxy) is 2. The van der Waals surface area contributed by atoms with Crippen LogP contribution in [0.1, 0.15) is 20.3 Å². The van der Waals surface area contributed by atoms with E-state index >= 15 is 0 Å². The molecule has 0 fully saturated rings. The Morgan fingerprint density at radius 2 is 2.06 bits per heavy atom. The molecule has 12 nitrogen and oxygen atoms in total. The minimum absolute atomic E-state index is 0.102. The van der Waals surface area contributed by atoms with Crippen LogP contribution in [0.3, 0.4) is 0 Å². The largest absolute Gasteiger partial charge is 0.465 e. The van der Waals surface area contributed by atoms with Crippen molar-refractivity contribution in [1.82, 2.24) is 24.6 Å². The molecule has 0 aliphatic rings. The molecule has 194 valence electrons. The number of esters is 1. The Morgan fingerprint density at radius 1 is 1.28 bits per heavy atom. The molecule has 3 rings (SSSR count).